The van der Waals surface area contributed by atoms with Gasteiger partial charge >= 0.3 is 0 Å². The van der Waals surface area contributed by atoms with E-state index in [1.54, 1.807) is 7.11 Å². The highest BCUT2D eigenvalue weighted by Crippen LogP contribution is 2.07. The van der Waals surface area contributed by atoms with E-state index in [1.165, 1.54) is 21.7 Å². The molecule has 0 bridgehead atoms. The van der Waals surface area contributed by atoms with Crippen molar-refractivity contribution in [3.8, 4) is 0 Å². The number of methoxy groups -OCH3 is 1. The fourth-order valence-electron chi connectivity index (χ4n) is 3.17. The van der Waals surface area contributed by atoms with Crippen molar-refractivity contribution in [1.29, 1.82) is 0 Å². The van der Waals surface area contributed by atoms with Gasteiger partial charge in [-0.1, -0.05) is 60.7 Å². The van der Waals surface area contributed by atoms with Crippen molar-refractivity contribution < 1.29 is 9.64 Å². The van der Waals surface area contributed by atoms with Gasteiger partial charge in [-0.25, -0.2) is 0 Å². The summed E-state index contributed by atoms with van der Waals surface area (Å²) >= 11 is 0. The number of hydrogen-bond donors (Lipinski definition) is 1. The molecule has 0 radical (unpaired) electrons. The van der Waals surface area contributed by atoms with E-state index in [2.05, 4.69) is 83.6 Å². The second-order valence-corrected chi connectivity index (χ2v) is 6.44. The Morgan fingerprint density at radius 1 is 0.800 bits per heavy atom. The van der Waals surface area contributed by atoms with Crippen LogP contribution >= 0.6 is 0 Å². The monoisotopic (exact) mass is 335 g/mol. The SMILES string of the molecule is COCC[NH+](Cc1ccccc1)Cc1cccn1Cc1ccccc1. The Balaban J connectivity index is 1.70. The van der Waals surface area contributed by atoms with Gasteiger partial charge in [-0.3, -0.25) is 0 Å². The van der Waals surface area contributed by atoms with Gasteiger partial charge in [0.1, 0.15) is 19.6 Å². The van der Waals surface area contributed by atoms with Crippen molar-refractivity contribution >= 4 is 0 Å². The van der Waals surface area contributed by atoms with Gasteiger partial charge in [-0.15, -0.1) is 0 Å². The minimum absolute atomic E-state index is 0.779. The number of hydrogen-bond acceptors (Lipinski definition) is 1. The number of benzene rings is 2. The third kappa shape index (κ3) is 5.31. The standard InChI is InChI=1S/C22H26N2O/c1-25-16-15-23(17-20-9-4-2-5-10-20)19-22-13-8-14-24(22)18-21-11-6-3-7-12-21/h2-14H,15-19H2,1H3/p+1. The highest BCUT2D eigenvalue weighted by molar-refractivity contribution is 5.17. The Hall–Kier alpha value is -2.36. The molecule has 0 aliphatic carbocycles. The van der Waals surface area contributed by atoms with E-state index in [9.17, 15) is 0 Å². The van der Waals surface area contributed by atoms with Crippen LogP contribution in [0, 0.1) is 0 Å². The first-order valence-corrected chi connectivity index (χ1v) is 8.89. The van der Waals surface area contributed by atoms with Crippen LogP contribution < -0.4 is 4.90 Å². The average Bonchev–Trinajstić information content (AvgIpc) is 3.08. The second kappa shape index (κ2) is 9.21. The lowest BCUT2D eigenvalue weighted by Gasteiger charge is -2.20. The van der Waals surface area contributed by atoms with Crippen molar-refractivity contribution in [2.75, 3.05) is 20.3 Å². The molecule has 0 saturated heterocycles. The summed E-state index contributed by atoms with van der Waals surface area (Å²) < 4.78 is 7.68. The largest absolute Gasteiger partial charge is 0.379 e. The summed E-state index contributed by atoms with van der Waals surface area (Å²) in [5, 5.41) is 0. The smallest absolute Gasteiger partial charge is 0.118 e. The van der Waals surface area contributed by atoms with E-state index in [1.807, 2.05) is 0 Å². The fourth-order valence-corrected chi connectivity index (χ4v) is 3.17. The van der Waals surface area contributed by atoms with Crippen LogP contribution in [-0.2, 0) is 24.4 Å². The van der Waals surface area contributed by atoms with E-state index in [0.717, 1.165) is 32.8 Å². The zero-order valence-electron chi connectivity index (χ0n) is 14.9. The second-order valence-electron chi connectivity index (χ2n) is 6.44. The van der Waals surface area contributed by atoms with Crippen LogP contribution in [0.3, 0.4) is 0 Å². The molecule has 0 aliphatic rings. The van der Waals surface area contributed by atoms with Crippen LogP contribution in [0.4, 0.5) is 0 Å². The van der Waals surface area contributed by atoms with Crippen LogP contribution in [-0.4, -0.2) is 24.8 Å². The van der Waals surface area contributed by atoms with Gasteiger partial charge in [0.15, 0.2) is 0 Å². The third-order valence-corrected chi connectivity index (χ3v) is 4.51. The van der Waals surface area contributed by atoms with E-state index >= 15 is 0 Å². The third-order valence-electron chi connectivity index (χ3n) is 4.51. The molecule has 3 nitrogen and oxygen atoms in total. The van der Waals surface area contributed by atoms with Crippen molar-refractivity contribution in [3.05, 3.63) is 95.8 Å². The quantitative estimate of drug-likeness (QED) is 0.637. The van der Waals surface area contributed by atoms with Crippen molar-refractivity contribution in [2.24, 2.45) is 0 Å². The molecule has 25 heavy (non-hydrogen) atoms. The van der Waals surface area contributed by atoms with Gasteiger partial charge < -0.3 is 14.2 Å². The molecule has 2 aromatic carbocycles. The van der Waals surface area contributed by atoms with Gasteiger partial charge in [-0.05, 0) is 17.7 Å². The Labute approximate surface area is 150 Å². The van der Waals surface area contributed by atoms with Gasteiger partial charge in [-0.2, -0.15) is 0 Å². The predicted octanol–water partition coefficient (Wildman–Crippen LogP) is 2.77. The molecule has 3 heteroatoms. The molecule has 0 spiro atoms. The molecule has 0 fully saturated rings. The van der Waals surface area contributed by atoms with E-state index in [4.69, 9.17) is 4.74 Å². The fraction of sp³-hybridized carbons (Fsp3) is 0.273. The van der Waals surface area contributed by atoms with E-state index in [-0.39, 0.29) is 0 Å². The Kier molecular flexibility index (Phi) is 6.43. The van der Waals surface area contributed by atoms with Crippen LogP contribution in [0.25, 0.3) is 0 Å². The molecule has 1 heterocycles. The molecule has 1 atom stereocenters. The van der Waals surface area contributed by atoms with E-state index < -0.39 is 0 Å². The molecule has 0 amide bonds. The summed E-state index contributed by atoms with van der Waals surface area (Å²) in [6.45, 7) is 4.72. The summed E-state index contributed by atoms with van der Waals surface area (Å²) in [4.78, 5) is 1.51. The lowest BCUT2D eigenvalue weighted by Crippen LogP contribution is -3.10. The summed E-state index contributed by atoms with van der Waals surface area (Å²) in [6.07, 6.45) is 2.18. The average molecular weight is 335 g/mol. The molecule has 3 rings (SSSR count). The first kappa shape index (κ1) is 17.5. The highest BCUT2D eigenvalue weighted by atomic mass is 16.5. The van der Waals surface area contributed by atoms with Crippen LogP contribution in [0.15, 0.2) is 79.0 Å². The molecule has 0 saturated carbocycles. The topological polar surface area (TPSA) is 18.6 Å². The summed E-state index contributed by atoms with van der Waals surface area (Å²) in [7, 11) is 1.78. The Bertz CT molecular complexity index is 737. The maximum absolute atomic E-state index is 5.33. The number of ether oxygens (including phenoxy) is 1. The molecule has 1 N–H and O–H groups in total. The first-order valence-electron chi connectivity index (χ1n) is 8.89. The van der Waals surface area contributed by atoms with Crippen molar-refractivity contribution in [1.82, 2.24) is 4.57 Å². The lowest BCUT2D eigenvalue weighted by atomic mass is 10.2. The number of quaternary nitrogens is 1. The lowest BCUT2D eigenvalue weighted by molar-refractivity contribution is -0.928. The van der Waals surface area contributed by atoms with Crippen LogP contribution in [0.1, 0.15) is 16.8 Å². The van der Waals surface area contributed by atoms with Gasteiger partial charge in [0.25, 0.3) is 0 Å². The maximum atomic E-state index is 5.33. The minimum Gasteiger partial charge on any atom is -0.379 e. The molecule has 3 aromatic rings. The van der Waals surface area contributed by atoms with Crippen LogP contribution in [0.5, 0.6) is 0 Å². The molecule has 130 valence electrons. The maximum Gasteiger partial charge on any atom is 0.118 e. The first-order chi connectivity index (χ1) is 12.3. The van der Waals surface area contributed by atoms with Crippen LogP contribution in [0.2, 0.25) is 0 Å². The van der Waals surface area contributed by atoms with Gasteiger partial charge in [0.05, 0.1) is 12.3 Å². The highest BCUT2D eigenvalue weighted by Gasteiger charge is 2.13. The molecule has 0 aliphatic heterocycles. The van der Waals surface area contributed by atoms with Crippen molar-refractivity contribution in [2.45, 2.75) is 19.6 Å². The number of nitrogens with zero attached hydrogens (tertiary/aromatic N) is 1. The number of nitrogens with one attached hydrogen (secondary N) is 1. The molecule has 1 unspecified atom stereocenters. The van der Waals surface area contributed by atoms with Crippen molar-refractivity contribution in [3.63, 3.8) is 0 Å². The van der Waals surface area contributed by atoms with E-state index in [0.29, 0.717) is 0 Å². The Morgan fingerprint density at radius 3 is 2.16 bits per heavy atom. The van der Waals surface area contributed by atoms with Gasteiger partial charge in [0.2, 0.25) is 0 Å². The summed E-state index contributed by atoms with van der Waals surface area (Å²) in [6, 6.07) is 25.7. The summed E-state index contributed by atoms with van der Waals surface area (Å²) in [5.41, 5.74) is 4.07. The van der Waals surface area contributed by atoms with Gasteiger partial charge in [0, 0.05) is 25.4 Å². The molecule has 1 aromatic heterocycles. The zero-order valence-corrected chi connectivity index (χ0v) is 14.9. The minimum atomic E-state index is 0.779. The molecular weight excluding hydrogens is 308 g/mol. The summed E-state index contributed by atoms with van der Waals surface area (Å²) in [5.74, 6) is 0. The Morgan fingerprint density at radius 2 is 1.48 bits per heavy atom. The predicted molar refractivity (Wildman–Crippen MR) is 102 cm³/mol. The molecular formula is C22H27N2O+. The number of aromatic nitrogens is 1. The normalized spacial score (nSPS) is 12.2. The number of rotatable bonds is 9. The zero-order chi connectivity index (χ0) is 17.3.